The summed E-state index contributed by atoms with van der Waals surface area (Å²) in [6.45, 7) is 6.52. The van der Waals surface area contributed by atoms with Crippen molar-refractivity contribution in [2.24, 2.45) is 0 Å². The Bertz CT molecular complexity index is 1100. The summed E-state index contributed by atoms with van der Waals surface area (Å²) < 4.78 is 5.41. The normalized spacial score (nSPS) is 15.3. The van der Waals surface area contributed by atoms with Crippen LogP contribution in [0.5, 0.6) is 0 Å². The van der Waals surface area contributed by atoms with Gasteiger partial charge in [0.25, 0.3) is 0 Å². The van der Waals surface area contributed by atoms with E-state index in [1.54, 1.807) is 6.07 Å². The standard InChI is InChI=1S/C24H27N3O3/c1-16-12-21-18(14-23(28)30-22(21)13-17(16)2)15-27-10-8-20(9-11-27)26-24(29)25-19-6-4-3-5-7-19/h3-7,12-14,20H,8-11,15H2,1-2H3,(H2,25,26,29). The first-order valence-corrected chi connectivity index (χ1v) is 10.4. The van der Waals surface area contributed by atoms with Gasteiger partial charge in [0.05, 0.1) is 0 Å². The van der Waals surface area contributed by atoms with E-state index in [-0.39, 0.29) is 17.7 Å². The average molecular weight is 405 g/mol. The summed E-state index contributed by atoms with van der Waals surface area (Å²) in [4.78, 5) is 26.6. The fourth-order valence-electron chi connectivity index (χ4n) is 3.96. The predicted octanol–water partition coefficient (Wildman–Crippen LogP) is 4.20. The van der Waals surface area contributed by atoms with Crippen LogP contribution in [0, 0.1) is 13.8 Å². The molecule has 0 unspecified atom stereocenters. The zero-order valence-electron chi connectivity index (χ0n) is 17.4. The zero-order valence-corrected chi connectivity index (χ0v) is 17.4. The lowest BCUT2D eigenvalue weighted by molar-refractivity contribution is 0.190. The summed E-state index contributed by atoms with van der Waals surface area (Å²) in [6, 6.07) is 15.1. The number of amides is 2. The van der Waals surface area contributed by atoms with Gasteiger partial charge in [-0.2, -0.15) is 0 Å². The van der Waals surface area contributed by atoms with Gasteiger partial charge in [-0.1, -0.05) is 18.2 Å². The fraction of sp³-hybridized carbons (Fsp3) is 0.333. The Morgan fingerprint density at radius 3 is 2.50 bits per heavy atom. The summed E-state index contributed by atoms with van der Waals surface area (Å²) in [7, 11) is 0. The van der Waals surface area contributed by atoms with Gasteiger partial charge in [-0.15, -0.1) is 0 Å². The van der Waals surface area contributed by atoms with E-state index in [1.165, 1.54) is 5.56 Å². The van der Waals surface area contributed by atoms with Crippen molar-refractivity contribution in [3.05, 3.63) is 75.6 Å². The number of nitrogens with zero attached hydrogens (tertiary/aromatic N) is 1. The molecule has 1 saturated heterocycles. The number of likely N-dealkylation sites (tertiary alicyclic amines) is 1. The fourth-order valence-corrected chi connectivity index (χ4v) is 3.96. The Kier molecular flexibility index (Phi) is 5.86. The second kappa shape index (κ2) is 8.71. The highest BCUT2D eigenvalue weighted by Gasteiger charge is 2.21. The summed E-state index contributed by atoms with van der Waals surface area (Å²) in [6.07, 6.45) is 1.75. The molecule has 0 spiro atoms. The van der Waals surface area contributed by atoms with E-state index in [1.807, 2.05) is 43.3 Å². The van der Waals surface area contributed by atoms with Gasteiger partial charge in [0.15, 0.2) is 0 Å². The van der Waals surface area contributed by atoms with Crippen molar-refractivity contribution >= 4 is 22.7 Å². The number of rotatable bonds is 4. The summed E-state index contributed by atoms with van der Waals surface area (Å²) in [5.41, 5.74) is 4.42. The summed E-state index contributed by atoms with van der Waals surface area (Å²) in [5, 5.41) is 6.93. The Morgan fingerprint density at radius 1 is 1.07 bits per heavy atom. The van der Waals surface area contributed by atoms with E-state index in [0.29, 0.717) is 12.1 Å². The summed E-state index contributed by atoms with van der Waals surface area (Å²) in [5.74, 6) is 0. The van der Waals surface area contributed by atoms with Gasteiger partial charge in [0.1, 0.15) is 5.58 Å². The first-order valence-electron chi connectivity index (χ1n) is 10.4. The van der Waals surface area contributed by atoms with Crippen molar-refractivity contribution in [2.45, 2.75) is 39.3 Å². The van der Waals surface area contributed by atoms with Crippen molar-refractivity contribution in [1.82, 2.24) is 10.2 Å². The Labute approximate surface area is 175 Å². The SMILES string of the molecule is Cc1cc2oc(=O)cc(CN3CCC(NC(=O)Nc4ccccc4)CC3)c2cc1C. The van der Waals surface area contributed by atoms with E-state index in [9.17, 15) is 9.59 Å². The molecule has 0 aliphatic carbocycles. The first-order chi connectivity index (χ1) is 14.5. The molecule has 0 atom stereocenters. The zero-order chi connectivity index (χ0) is 21.1. The topological polar surface area (TPSA) is 74.6 Å². The molecule has 6 nitrogen and oxygen atoms in total. The highest BCUT2D eigenvalue weighted by atomic mass is 16.4. The highest BCUT2D eigenvalue weighted by Crippen LogP contribution is 2.24. The minimum atomic E-state index is -0.310. The predicted molar refractivity (Wildman–Crippen MR) is 119 cm³/mol. The number of aryl methyl sites for hydroxylation is 2. The van der Waals surface area contributed by atoms with Crippen LogP contribution in [0.2, 0.25) is 0 Å². The lowest BCUT2D eigenvalue weighted by atomic mass is 10.0. The second-order valence-electron chi connectivity index (χ2n) is 8.04. The molecule has 1 aromatic heterocycles. The third kappa shape index (κ3) is 4.71. The number of fused-ring (bicyclic) bond motifs is 1. The third-order valence-electron chi connectivity index (χ3n) is 5.79. The third-order valence-corrected chi connectivity index (χ3v) is 5.79. The second-order valence-corrected chi connectivity index (χ2v) is 8.04. The van der Waals surface area contributed by atoms with Crippen molar-refractivity contribution in [1.29, 1.82) is 0 Å². The number of piperidine rings is 1. The molecule has 2 amide bonds. The minimum absolute atomic E-state index is 0.146. The number of urea groups is 1. The molecule has 4 rings (SSSR count). The molecule has 30 heavy (non-hydrogen) atoms. The molecule has 2 aromatic carbocycles. The molecule has 0 saturated carbocycles. The van der Waals surface area contributed by atoms with Gasteiger partial charge >= 0.3 is 11.7 Å². The van der Waals surface area contributed by atoms with E-state index in [4.69, 9.17) is 4.42 Å². The lowest BCUT2D eigenvalue weighted by Crippen LogP contribution is -2.45. The Hall–Kier alpha value is -3.12. The number of anilines is 1. The van der Waals surface area contributed by atoms with Crippen molar-refractivity contribution in [2.75, 3.05) is 18.4 Å². The number of benzene rings is 2. The number of para-hydroxylation sites is 1. The maximum atomic E-state index is 12.2. The van der Waals surface area contributed by atoms with Crippen molar-refractivity contribution in [3.63, 3.8) is 0 Å². The van der Waals surface area contributed by atoms with E-state index in [2.05, 4.69) is 28.5 Å². The molecule has 1 aliphatic heterocycles. The molecule has 6 heteroatoms. The van der Waals surface area contributed by atoms with Crippen LogP contribution in [0.25, 0.3) is 11.0 Å². The molecule has 156 valence electrons. The van der Waals surface area contributed by atoms with Crippen molar-refractivity contribution < 1.29 is 9.21 Å². The van der Waals surface area contributed by atoms with Gasteiger partial charge in [0.2, 0.25) is 0 Å². The molecule has 2 heterocycles. The largest absolute Gasteiger partial charge is 0.423 e. The number of hydrogen-bond donors (Lipinski definition) is 2. The van der Waals surface area contributed by atoms with Gasteiger partial charge in [-0.25, -0.2) is 9.59 Å². The van der Waals surface area contributed by atoms with Crippen LogP contribution in [0.15, 0.2) is 57.7 Å². The Morgan fingerprint density at radius 2 is 1.77 bits per heavy atom. The van der Waals surface area contributed by atoms with Crippen molar-refractivity contribution in [3.8, 4) is 0 Å². The van der Waals surface area contributed by atoms with Crippen LogP contribution in [0.3, 0.4) is 0 Å². The number of carbonyl (C=O) groups excluding carboxylic acids is 1. The number of carbonyl (C=O) groups is 1. The van der Waals surface area contributed by atoms with E-state index < -0.39 is 0 Å². The van der Waals surface area contributed by atoms with Gasteiger partial charge in [0, 0.05) is 42.8 Å². The minimum Gasteiger partial charge on any atom is -0.423 e. The van der Waals surface area contributed by atoms with Crippen LogP contribution in [-0.4, -0.2) is 30.1 Å². The van der Waals surface area contributed by atoms with Gasteiger partial charge < -0.3 is 15.1 Å². The number of hydrogen-bond acceptors (Lipinski definition) is 4. The smallest absolute Gasteiger partial charge is 0.336 e. The molecule has 0 bridgehead atoms. The molecule has 1 fully saturated rings. The molecule has 3 aromatic rings. The summed E-state index contributed by atoms with van der Waals surface area (Å²) >= 11 is 0. The van der Waals surface area contributed by atoms with E-state index in [0.717, 1.165) is 48.1 Å². The average Bonchev–Trinajstić information content (AvgIpc) is 2.71. The molecular weight excluding hydrogens is 378 g/mol. The molecule has 1 aliphatic rings. The van der Waals surface area contributed by atoms with Crippen LogP contribution >= 0.6 is 0 Å². The monoisotopic (exact) mass is 405 g/mol. The maximum absolute atomic E-state index is 12.2. The van der Waals surface area contributed by atoms with Crippen LogP contribution in [0.1, 0.15) is 29.5 Å². The van der Waals surface area contributed by atoms with Crippen LogP contribution in [0.4, 0.5) is 10.5 Å². The van der Waals surface area contributed by atoms with Gasteiger partial charge in [-0.05, 0) is 67.6 Å². The quantitative estimate of drug-likeness (QED) is 0.638. The lowest BCUT2D eigenvalue weighted by Gasteiger charge is -2.32. The van der Waals surface area contributed by atoms with Crippen LogP contribution < -0.4 is 16.3 Å². The molecular formula is C24H27N3O3. The highest BCUT2D eigenvalue weighted by molar-refractivity contribution is 5.89. The molecule has 0 radical (unpaired) electrons. The number of nitrogens with one attached hydrogen (secondary N) is 2. The maximum Gasteiger partial charge on any atom is 0.336 e. The first kappa shape index (κ1) is 20.2. The van der Waals surface area contributed by atoms with Gasteiger partial charge in [-0.3, -0.25) is 4.90 Å². The molecule has 2 N–H and O–H groups in total. The van der Waals surface area contributed by atoms with Crippen LogP contribution in [-0.2, 0) is 6.54 Å². The Balaban J connectivity index is 1.36. The van der Waals surface area contributed by atoms with E-state index >= 15 is 0 Å².